The highest BCUT2D eigenvalue weighted by atomic mass is 19.2. The summed E-state index contributed by atoms with van der Waals surface area (Å²) in [6.07, 6.45) is 2.44. The summed E-state index contributed by atoms with van der Waals surface area (Å²) in [5, 5.41) is 31.4. The number of rotatable bonds is 18. The Morgan fingerprint density at radius 3 is 1.05 bits per heavy atom. The number of nitriles is 1. The van der Waals surface area contributed by atoms with E-state index in [2.05, 4.69) is 51.5 Å². The van der Waals surface area contributed by atoms with Crippen molar-refractivity contribution in [1.29, 1.82) is 5.26 Å². The molecule has 5 aromatic heterocycles. The van der Waals surface area contributed by atoms with Crippen molar-refractivity contribution in [2.24, 2.45) is 7.05 Å². The van der Waals surface area contributed by atoms with Crippen LogP contribution in [0.4, 0.5) is 35.1 Å². The van der Waals surface area contributed by atoms with E-state index < -0.39 is 0 Å². The molecular formula is C98H77F8N19O6. The Bertz CT molecular complexity index is 6960. The van der Waals surface area contributed by atoms with E-state index in [0.717, 1.165) is 56.1 Å². The standard InChI is InChI=1S/C26H19F2N5O.2C25H20F2N4O2.C22H18F2N6O/c27-22-7-3-18(4-8-22)25-30-26(19-5-9-23(28)10-6-19)33(31-25)16-24(34)32-12-11-20-13-17(14-29)1-2-21(20)15-32;1-33-22-11-6-18-13-30(14-19(18)12-22)23(32)15-31-25(17-4-9-21(27)10-5-17)28-24(29-31)16-2-7-20(26)8-3-16;1-33-22-4-2-3-18-13-30(14-21(18)22)23(32)15-31-25(17-7-11-20(27)12-8-17)28-24(29-31)16-5-9-19(26)10-6-16;1-28-19-12-29(11-16(19)10-25-28)20(31)13-30-22(15-4-8-18(24)9-5-15)26-21(27-30)14-2-6-17(23)7-3-14/h1-10,13H,11-12,15-16H2;2*2-12H,13-15H2,1H3;2-10H,11-13H2,1H3. The van der Waals surface area contributed by atoms with Gasteiger partial charge in [-0.1, -0.05) is 24.3 Å². The van der Waals surface area contributed by atoms with E-state index in [9.17, 15) is 54.3 Å². The topological polar surface area (TPSA) is 264 Å². The zero-order valence-electron chi connectivity index (χ0n) is 70.4. The second-order valence-corrected chi connectivity index (χ2v) is 31.1. The molecule has 656 valence electrons. The van der Waals surface area contributed by atoms with Crippen molar-refractivity contribution < 1.29 is 63.8 Å². The average molecular weight is 1770 g/mol. The second kappa shape index (κ2) is 38.0. The summed E-state index contributed by atoms with van der Waals surface area (Å²) >= 11 is 0. The molecule has 131 heavy (non-hydrogen) atoms. The van der Waals surface area contributed by atoms with E-state index in [-0.39, 0.29) is 96.3 Å². The fraction of sp³-hybridized carbons (Fsp3) is 0.163. The first kappa shape index (κ1) is 86.7. The van der Waals surface area contributed by atoms with Crippen LogP contribution in [-0.2, 0) is 105 Å². The molecule has 11 aromatic carbocycles. The number of amides is 4. The molecule has 0 radical (unpaired) electrons. The van der Waals surface area contributed by atoms with Gasteiger partial charge in [0, 0.05) is 102 Å². The highest BCUT2D eigenvalue weighted by Crippen LogP contribution is 2.35. The average Bonchev–Trinajstić information content (AvgIpc) is 1.67. The second-order valence-electron chi connectivity index (χ2n) is 31.1. The Labute approximate surface area is 743 Å². The zero-order valence-corrected chi connectivity index (χ0v) is 70.4. The van der Waals surface area contributed by atoms with Crippen molar-refractivity contribution in [3.8, 4) is 109 Å². The van der Waals surface area contributed by atoms with Gasteiger partial charge < -0.3 is 29.1 Å². The van der Waals surface area contributed by atoms with Crippen LogP contribution in [0.3, 0.4) is 0 Å². The summed E-state index contributed by atoms with van der Waals surface area (Å²) < 4.78 is 126. The number of carbonyl (C=O) groups is 4. The fourth-order valence-electron chi connectivity index (χ4n) is 15.6. The van der Waals surface area contributed by atoms with Crippen LogP contribution in [0.2, 0.25) is 0 Å². The van der Waals surface area contributed by atoms with Crippen LogP contribution in [0.1, 0.15) is 50.2 Å². The van der Waals surface area contributed by atoms with Crippen molar-refractivity contribution >= 4 is 23.6 Å². The van der Waals surface area contributed by atoms with E-state index in [4.69, 9.17) is 14.7 Å². The molecular weight excluding hydrogens is 1690 g/mol. The number of aryl methyl sites for hydroxylation is 1. The summed E-state index contributed by atoms with van der Waals surface area (Å²) in [5.41, 5.74) is 13.9. The van der Waals surface area contributed by atoms with Crippen molar-refractivity contribution in [3.63, 3.8) is 0 Å². The molecule has 0 saturated heterocycles. The smallest absolute Gasteiger partial charge is 0.245 e. The molecule has 4 aliphatic rings. The van der Waals surface area contributed by atoms with Gasteiger partial charge in [0.1, 0.15) is 84.2 Å². The molecule has 25 nitrogen and oxygen atoms in total. The van der Waals surface area contributed by atoms with Crippen molar-refractivity contribution in [1.82, 2.24) is 88.4 Å². The van der Waals surface area contributed by atoms with Gasteiger partial charge in [0.15, 0.2) is 46.6 Å². The van der Waals surface area contributed by atoms with E-state index in [0.29, 0.717) is 155 Å². The van der Waals surface area contributed by atoms with Crippen LogP contribution >= 0.6 is 0 Å². The molecule has 33 heteroatoms. The normalized spacial score (nSPS) is 12.7. The monoisotopic (exact) mass is 1770 g/mol. The summed E-state index contributed by atoms with van der Waals surface area (Å²) in [6, 6.07) is 65.8. The van der Waals surface area contributed by atoms with E-state index in [1.807, 2.05) is 55.6 Å². The number of halogens is 8. The number of fused-ring (bicyclic) bond motifs is 4. The Hall–Kier alpha value is -16.4. The van der Waals surface area contributed by atoms with Crippen LogP contribution in [0, 0.1) is 57.9 Å². The predicted octanol–water partition coefficient (Wildman–Crippen LogP) is 16.4. The molecule has 0 spiro atoms. The highest BCUT2D eigenvalue weighted by molar-refractivity contribution is 5.81. The number of carbonyl (C=O) groups excluding carboxylic acids is 4. The number of hydrogen-bond donors (Lipinski definition) is 0. The molecule has 4 amide bonds. The van der Waals surface area contributed by atoms with Crippen LogP contribution in [0.25, 0.3) is 91.1 Å². The van der Waals surface area contributed by atoms with Crippen LogP contribution in [0.5, 0.6) is 11.5 Å². The van der Waals surface area contributed by atoms with Gasteiger partial charge in [-0.05, 0) is 259 Å². The maximum Gasteiger partial charge on any atom is 0.245 e. The SMILES string of the molecule is COc1ccc2c(c1)CN(C(=O)Cn1nc(-c3ccc(F)cc3)nc1-c1ccc(F)cc1)C2.COc1cccc2c1CN(C(=O)Cn1nc(-c3ccc(F)cc3)nc1-c1ccc(F)cc1)C2.Cn1ncc2c1CN(C(=O)Cn1nc(-c3ccc(F)cc3)nc1-c1ccc(F)cc1)C2.N#Cc1ccc2c(c1)CCN(C(=O)Cn1nc(-c3ccc(F)cc3)nc1-c1ccc(F)cc1)C2. The van der Waals surface area contributed by atoms with E-state index in [1.54, 1.807) is 148 Å². The summed E-state index contributed by atoms with van der Waals surface area (Å²) in [7, 11) is 5.08. The van der Waals surface area contributed by atoms with Crippen LogP contribution < -0.4 is 9.47 Å². The molecule has 0 aliphatic carbocycles. The first-order chi connectivity index (χ1) is 63.5. The van der Waals surface area contributed by atoms with Gasteiger partial charge in [-0.15, -0.1) is 20.4 Å². The van der Waals surface area contributed by atoms with Crippen molar-refractivity contribution in [3.05, 3.63) is 352 Å². The van der Waals surface area contributed by atoms with Gasteiger partial charge in [0.2, 0.25) is 23.6 Å². The number of methoxy groups -OCH3 is 2. The minimum absolute atomic E-state index is 0.0255. The molecule has 0 fully saturated rings. The Morgan fingerprint density at radius 1 is 0.344 bits per heavy atom. The molecule has 20 rings (SSSR count). The molecule has 0 N–H and O–H groups in total. The molecule has 0 atom stereocenters. The molecule has 9 heterocycles. The molecule has 0 saturated carbocycles. The quantitative estimate of drug-likeness (QED) is 0.0723. The molecule has 0 bridgehead atoms. The third kappa shape index (κ3) is 19.8. The van der Waals surface area contributed by atoms with Crippen molar-refractivity contribution in [2.75, 3.05) is 20.8 Å². The Balaban J connectivity index is 0.000000122. The minimum atomic E-state index is -0.379. The largest absolute Gasteiger partial charge is 0.497 e. The lowest BCUT2D eigenvalue weighted by molar-refractivity contribution is -0.133. The number of nitrogens with zero attached hydrogens (tertiary/aromatic N) is 19. The minimum Gasteiger partial charge on any atom is -0.497 e. The lowest BCUT2D eigenvalue weighted by Gasteiger charge is -2.29. The number of aromatic nitrogens is 14. The maximum absolute atomic E-state index is 13.5. The lowest BCUT2D eigenvalue weighted by Crippen LogP contribution is -2.38. The van der Waals surface area contributed by atoms with Gasteiger partial charge >= 0.3 is 0 Å². The first-order valence-electron chi connectivity index (χ1n) is 41.3. The van der Waals surface area contributed by atoms with Crippen LogP contribution in [-0.4, -0.2) is 133 Å². The summed E-state index contributed by atoms with van der Waals surface area (Å²) in [6.45, 7) is 3.72. The maximum atomic E-state index is 13.5. The Kier molecular flexibility index (Phi) is 25.2. The molecule has 0 unspecified atom stereocenters. The zero-order chi connectivity index (χ0) is 91.1. The van der Waals surface area contributed by atoms with Crippen LogP contribution in [0.15, 0.2) is 255 Å². The fourth-order valence-corrected chi connectivity index (χ4v) is 15.6. The summed E-state index contributed by atoms with van der Waals surface area (Å²) in [4.78, 5) is 77.8. The van der Waals surface area contributed by atoms with E-state index in [1.165, 1.54) is 116 Å². The third-order valence-corrected chi connectivity index (χ3v) is 22.6. The predicted molar refractivity (Wildman–Crippen MR) is 465 cm³/mol. The third-order valence-electron chi connectivity index (χ3n) is 22.6. The first-order valence-corrected chi connectivity index (χ1v) is 41.3. The van der Waals surface area contributed by atoms with Gasteiger partial charge in [-0.25, -0.2) is 73.8 Å². The highest BCUT2D eigenvalue weighted by Gasteiger charge is 2.32. The van der Waals surface area contributed by atoms with Gasteiger partial charge in [-0.3, -0.25) is 23.9 Å². The van der Waals surface area contributed by atoms with E-state index >= 15 is 0 Å². The molecule has 4 aliphatic heterocycles. The Morgan fingerprint density at radius 2 is 0.672 bits per heavy atom. The number of benzene rings is 11. The van der Waals surface area contributed by atoms with Gasteiger partial charge in [-0.2, -0.15) is 10.4 Å². The molecule has 16 aromatic rings. The van der Waals surface area contributed by atoms with Gasteiger partial charge in [0.05, 0.1) is 50.8 Å². The van der Waals surface area contributed by atoms with Crippen molar-refractivity contribution in [2.45, 2.75) is 78.4 Å². The summed E-state index contributed by atoms with van der Waals surface area (Å²) in [5.74, 6) is 1.20. The number of hydrogen-bond acceptors (Lipinski definition) is 16. The van der Waals surface area contributed by atoms with Gasteiger partial charge in [0.25, 0.3) is 0 Å². The lowest BCUT2D eigenvalue weighted by atomic mass is 9.97. The number of ether oxygens (including phenoxy) is 2.